The minimum atomic E-state index is -0.870. The topological polar surface area (TPSA) is 78.7 Å². The molecule has 1 aliphatic heterocycles. The van der Waals surface area contributed by atoms with Gasteiger partial charge in [0, 0.05) is 55.1 Å². The van der Waals surface area contributed by atoms with Gasteiger partial charge in [0.15, 0.2) is 6.29 Å². The number of hydrogen-bond acceptors (Lipinski definition) is 6. The minimum absolute atomic E-state index is 0.509. The summed E-state index contributed by atoms with van der Waals surface area (Å²) in [6.07, 6.45) is 4.42. The number of piperidine rings is 1. The highest BCUT2D eigenvalue weighted by molar-refractivity contribution is 5.80. The van der Waals surface area contributed by atoms with Crippen molar-refractivity contribution >= 4 is 10.9 Å². The van der Waals surface area contributed by atoms with E-state index in [1.54, 1.807) is 12.4 Å². The molecule has 2 aromatic heterocycles. The van der Waals surface area contributed by atoms with Crippen molar-refractivity contribution in [3.8, 4) is 5.75 Å². The third-order valence-electron chi connectivity index (χ3n) is 5.65. The van der Waals surface area contributed by atoms with Gasteiger partial charge in [-0.1, -0.05) is 12.1 Å². The van der Waals surface area contributed by atoms with Gasteiger partial charge in [-0.15, -0.1) is 0 Å². The molecule has 1 fully saturated rings. The van der Waals surface area contributed by atoms with Crippen LogP contribution in [0, 0.1) is 6.92 Å². The standard InChI is InChI=1S/C23H27N3O3/c1-17-4-5-18-15-20(6-7-21(18)25-17)29-22(27)8-12-26-13-9-23(28,10-14-26)19-3-2-11-24-16-19/h2-7,11,15-16,22,27-28H,8-10,12-14H2,1H3. The highest BCUT2D eigenvalue weighted by Gasteiger charge is 2.34. The van der Waals surface area contributed by atoms with Crippen LogP contribution in [-0.2, 0) is 5.60 Å². The maximum absolute atomic E-state index is 10.9. The van der Waals surface area contributed by atoms with E-state index in [0.29, 0.717) is 25.0 Å². The average molecular weight is 393 g/mol. The van der Waals surface area contributed by atoms with Crippen LogP contribution in [0.4, 0.5) is 0 Å². The van der Waals surface area contributed by atoms with E-state index in [1.807, 2.05) is 49.4 Å². The lowest BCUT2D eigenvalue weighted by Crippen LogP contribution is -2.43. The molecule has 1 atom stereocenters. The van der Waals surface area contributed by atoms with Gasteiger partial charge in [0.25, 0.3) is 0 Å². The number of fused-ring (bicyclic) bond motifs is 1. The fourth-order valence-electron chi connectivity index (χ4n) is 3.86. The van der Waals surface area contributed by atoms with Gasteiger partial charge in [0.05, 0.1) is 11.1 Å². The Hall–Kier alpha value is -2.54. The second kappa shape index (κ2) is 8.45. The molecule has 1 aromatic carbocycles. The zero-order valence-corrected chi connectivity index (χ0v) is 16.7. The average Bonchev–Trinajstić information content (AvgIpc) is 2.74. The summed E-state index contributed by atoms with van der Waals surface area (Å²) in [5.41, 5.74) is 1.96. The molecule has 3 aromatic rings. The predicted molar refractivity (Wildman–Crippen MR) is 112 cm³/mol. The Morgan fingerprint density at radius 3 is 2.76 bits per heavy atom. The second-order valence-corrected chi connectivity index (χ2v) is 7.78. The first kappa shape index (κ1) is 19.8. The SMILES string of the molecule is Cc1ccc2cc(OC(O)CCN3CCC(O)(c4cccnc4)CC3)ccc2n1. The third-order valence-corrected chi connectivity index (χ3v) is 5.65. The molecule has 1 saturated heterocycles. The molecule has 0 saturated carbocycles. The molecule has 6 nitrogen and oxygen atoms in total. The molecule has 2 N–H and O–H groups in total. The molecule has 3 heterocycles. The Kier molecular flexibility index (Phi) is 5.76. The molecule has 152 valence electrons. The Morgan fingerprint density at radius 1 is 1.17 bits per heavy atom. The number of hydrogen-bond donors (Lipinski definition) is 2. The summed E-state index contributed by atoms with van der Waals surface area (Å²) in [5.74, 6) is 0.639. The van der Waals surface area contributed by atoms with E-state index in [-0.39, 0.29) is 0 Å². The molecule has 4 rings (SSSR count). The molecule has 1 aliphatic rings. The van der Waals surface area contributed by atoms with Crippen molar-refractivity contribution < 1.29 is 14.9 Å². The second-order valence-electron chi connectivity index (χ2n) is 7.78. The maximum Gasteiger partial charge on any atom is 0.198 e. The number of benzene rings is 1. The summed E-state index contributed by atoms with van der Waals surface area (Å²) in [6, 6.07) is 13.4. The molecular formula is C23H27N3O3. The molecule has 6 heteroatoms. The van der Waals surface area contributed by atoms with Crippen molar-refractivity contribution in [1.29, 1.82) is 0 Å². The number of nitrogens with zero attached hydrogens (tertiary/aromatic N) is 3. The van der Waals surface area contributed by atoms with Crippen molar-refractivity contribution in [1.82, 2.24) is 14.9 Å². The van der Waals surface area contributed by atoms with E-state index in [4.69, 9.17) is 4.74 Å². The van der Waals surface area contributed by atoms with E-state index >= 15 is 0 Å². The number of likely N-dealkylation sites (tertiary alicyclic amines) is 1. The summed E-state index contributed by atoms with van der Waals surface area (Å²) >= 11 is 0. The van der Waals surface area contributed by atoms with Crippen molar-refractivity contribution in [2.24, 2.45) is 0 Å². The Morgan fingerprint density at radius 2 is 2.00 bits per heavy atom. The normalized spacial score (nSPS) is 17.9. The van der Waals surface area contributed by atoms with Crippen LogP contribution in [0.3, 0.4) is 0 Å². The highest BCUT2D eigenvalue weighted by Crippen LogP contribution is 2.32. The maximum atomic E-state index is 10.9. The van der Waals surface area contributed by atoms with E-state index in [9.17, 15) is 10.2 Å². The zero-order chi connectivity index (χ0) is 20.3. The smallest absolute Gasteiger partial charge is 0.198 e. The lowest BCUT2D eigenvalue weighted by molar-refractivity contribution is -0.0476. The lowest BCUT2D eigenvalue weighted by atomic mass is 9.85. The highest BCUT2D eigenvalue weighted by atomic mass is 16.6. The van der Waals surface area contributed by atoms with Crippen molar-refractivity contribution in [3.63, 3.8) is 0 Å². The molecule has 0 amide bonds. The van der Waals surface area contributed by atoms with Gasteiger partial charge in [0.1, 0.15) is 5.75 Å². The van der Waals surface area contributed by atoms with Crippen molar-refractivity contribution in [2.45, 2.75) is 38.1 Å². The molecule has 0 spiro atoms. The van der Waals surface area contributed by atoms with Crippen LogP contribution in [-0.4, -0.2) is 51.0 Å². The number of rotatable bonds is 6. The van der Waals surface area contributed by atoms with Gasteiger partial charge in [-0.05, 0) is 50.1 Å². The van der Waals surface area contributed by atoms with Crippen LogP contribution >= 0.6 is 0 Å². The van der Waals surface area contributed by atoms with Gasteiger partial charge >= 0.3 is 0 Å². The Labute approximate surface area is 170 Å². The zero-order valence-electron chi connectivity index (χ0n) is 16.7. The molecule has 0 radical (unpaired) electrons. The van der Waals surface area contributed by atoms with E-state index in [0.717, 1.165) is 41.8 Å². The Bertz CT molecular complexity index is 956. The largest absolute Gasteiger partial charge is 0.465 e. The summed E-state index contributed by atoms with van der Waals surface area (Å²) in [6.45, 7) is 4.24. The van der Waals surface area contributed by atoms with Crippen LogP contribution in [0.25, 0.3) is 10.9 Å². The summed E-state index contributed by atoms with van der Waals surface area (Å²) < 4.78 is 5.70. The summed E-state index contributed by atoms with van der Waals surface area (Å²) in [5, 5.41) is 22.2. The summed E-state index contributed by atoms with van der Waals surface area (Å²) in [7, 11) is 0. The molecule has 0 bridgehead atoms. The first-order valence-electron chi connectivity index (χ1n) is 10.1. The van der Waals surface area contributed by atoms with Crippen LogP contribution in [0.1, 0.15) is 30.5 Å². The minimum Gasteiger partial charge on any atom is -0.465 e. The number of ether oxygens (including phenoxy) is 1. The van der Waals surface area contributed by atoms with E-state index in [2.05, 4.69) is 14.9 Å². The number of aryl methyl sites for hydroxylation is 1. The van der Waals surface area contributed by atoms with E-state index in [1.165, 1.54) is 0 Å². The number of pyridine rings is 2. The first-order chi connectivity index (χ1) is 14.0. The molecule has 29 heavy (non-hydrogen) atoms. The van der Waals surface area contributed by atoms with Crippen molar-refractivity contribution in [3.05, 3.63) is 66.1 Å². The van der Waals surface area contributed by atoms with Gasteiger partial charge in [0.2, 0.25) is 0 Å². The Balaban J connectivity index is 1.27. The van der Waals surface area contributed by atoms with Crippen molar-refractivity contribution in [2.75, 3.05) is 19.6 Å². The number of aromatic nitrogens is 2. The molecule has 0 aliphatic carbocycles. The third kappa shape index (κ3) is 4.72. The predicted octanol–water partition coefficient (Wildman–Crippen LogP) is 3.01. The molecular weight excluding hydrogens is 366 g/mol. The number of aliphatic hydroxyl groups is 2. The fourth-order valence-corrected chi connectivity index (χ4v) is 3.86. The van der Waals surface area contributed by atoms with Crippen LogP contribution < -0.4 is 4.74 Å². The van der Waals surface area contributed by atoms with Crippen LogP contribution in [0.2, 0.25) is 0 Å². The first-order valence-corrected chi connectivity index (χ1v) is 10.1. The van der Waals surface area contributed by atoms with Gasteiger partial charge in [-0.25, -0.2) is 0 Å². The van der Waals surface area contributed by atoms with Gasteiger partial charge in [-0.2, -0.15) is 0 Å². The quantitative estimate of drug-likeness (QED) is 0.627. The number of aliphatic hydroxyl groups excluding tert-OH is 1. The van der Waals surface area contributed by atoms with Crippen LogP contribution in [0.15, 0.2) is 54.9 Å². The monoisotopic (exact) mass is 393 g/mol. The molecule has 1 unspecified atom stereocenters. The van der Waals surface area contributed by atoms with Gasteiger partial charge < -0.3 is 19.8 Å². The van der Waals surface area contributed by atoms with Crippen LogP contribution in [0.5, 0.6) is 5.75 Å². The lowest BCUT2D eigenvalue weighted by Gasteiger charge is -2.38. The van der Waals surface area contributed by atoms with Gasteiger partial charge in [-0.3, -0.25) is 9.97 Å². The summed E-state index contributed by atoms with van der Waals surface area (Å²) in [4.78, 5) is 10.9. The van der Waals surface area contributed by atoms with E-state index < -0.39 is 11.9 Å². The fraction of sp³-hybridized carbons (Fsp3) is 0.391.